The average Bonchev–Trinajstić information content (AvgIpc) is 2.52. The van der Waals surface area contributed by atoms with Gasteiger partial charge in [0.05, 0.1) is 13.7 Å². The van der Waals surface area contributed by atoms with Crippen molar-refractivity contribution in [2.75, 3.05) is 26.8 Å². The summed E-state index contributed by atoms with van der Waals surface area (Å²) in [6.45, 7) is 5.86. The van der Waals surface area contributed by atoms with Crippen molar-refractivity contribution in [2.24, 2.45) is 11.7 Å². The molecule has 0 radical (unpaired) electrons. The molecular formula is C16H26N2O3. The molecule has 0 fully saturated rings. The highest BCUT2D eigenvalue weighted by atomic mass is 16.5. The number of carbonyl (C=O) groups is 1. The molecule has 0 aromatic heterocycles. The molecular weight excluding hydrogens is 268 g/mol. The maximum Gasteiger partial charge on any atom is 0.251 e. The van der Waals surface area contributed by atoms with Crippen molar-refractivity contribution in [3.63, 3.8) is 0 Å². The zero-order valence-corrected chi connectivity index (χ0v) is 13.1. The van der Waals surface area contributed by atoms with Crippen LogP contribution < -0.4 is 20.5 Å². The molecule has 0 bridgehead atoms. The van der Waals surface area contributed by atoms with Crippen LogP contribution in [0, 0.1) is 5.92 Å². The standard InChI is InChI=1S/C16H26N2O3/c1-4-5-8-21-14-7-6-13(9-15(14)20-3)16(19)18-11-12(2)10-17/h6-7,9,12H,4-5,8,10-11,17H2,1-3H3,(H,18,19). The second kappa shape index (κ2) is 9.23. The van der Waals surface area contributed by atoms with Crippen LogP contribution in [-0.2, 0) is 0 Å². The van der Waals surface area contributed by atoms with Gasteiger partial charge in [0.2, 0.25) is 0 Å². The molecule has 21 heavy (non-hydrogen) atoms. The second-order valence-electron chi connectivity index (χ2n) is 5.12. The van der Waals surface area contributed by atoms with Gasteiger partial charge in [-0.15, -0.1) is 0 Å². The third-order valence-electron chi connectivity index (χ3n) is 3.19. The Labute approximate surface area is 126 Å². The lowest BCUT2D eigenvalue weighted by molar-refractivity contribution is 0.0948. The summed E-state index contributed by atoms with van der Waals surface area (Å²) in [7, 11) is 1.57. The number of benzene rings is 1. The molecule has 1 rings (SSSR count). The summed E-state index contributed by atoms with van der Waals surface area (Å²) in [5, 5.41) is 2.86. The Kier molecular flexibility index (Phi) is 7.61. The summed E-state index contributed by atoms with van der Waals surface area (Å²) < 4.78 is 10.9. The molecule has 5 heteroatoms. The van der Waals surface area contributed by atoms with Gasteiger partial charge in [-0.2, -0.15) is 0 Å². The molecule has 0 aliphatic heterocycles. The Balaban J connectivity index is 2.69. The highest BCUT2D eigenvalue weighted by Crippen LogP contribution is 2.28. The number of rotatable bonds is 9. The number of nitrogens with two attached hydrogens (primary N) is 1. The number of ether oxygens (including phenoxy) is 2. The molecule has 1 aromatic rings. The fourth-order valence-corrected chi connectivity index (χ4v) is 1.71. The summed E-state index contributed by atoms with van der Waals surface area (Å²) in [5.41, 5.74) is 6.09. The fraction of sp³-hybridized carbons (Fsp3) is 0.562. The maximum atomic E-state index is 12.1. The lowest BCUT2D eigenvalue weighted by atomic mass is 10.1. The molecule has 1 aromatic carbocycles. The van der Waals surface area contributed by atoms with Crippen molar-refractivity contribution in [3.05, 3.63) is 23.8 Å². The molecule has 0 aliphatic rings. The molecule has 0 spiro atoms. The van der Waals surface area contributed by atoms with Crippen molar-refractivity contribution in [2.45, 2.75) is 26.7 Å². The number of nitrogens with one attached hydrogen (secondary N) is 1. The Hall–Kier alpha value is -1.75. The van der Waals surface area contributed by atoms with E-state index in [4.69, 9.17) is 15.2 Å². The summed E-state index contributed by atoms with van der Waals surface area (Å²) in [6.07, 6.45) is 2.06. The van der Waals surface area contributed by atoms with Crippen molar-refractivity contribution < 1.29 is 14.3 Å². The van der Waals surface area contributed by atoms with Crippen LogP contribution in [0.4, 0.5) is 0 Å². The van der Waals surface area contributed by atoms with E-state index >= 15 is 0 Å². The zero-order chi connectivity index (χ0) is 15.7. The van der Waals surface area contributed by atoms with Gasteiger partial charge >= 0.3 is 0 Å². The van der Waals surface area contributed by atoms with Crippen LogP contribution in [0.5, 0.6) is 11.5 Å². The van der Waals surface area contributed by atoms with Crippen molar-refractivity contribution in [1.82, 2.24) is 5.32 Å². The first kappa shape index (κ1) is 17.3. The first-order valence-electron chi connectivity index (χ1n) is 7.41. The predicted molar refractivity (Wildman–Crippen MR) is 83.9 cm³/mol. The minimum absolute atomic E-state index is 0.131. The van der Waals surface area contributed by atoms with E-state index in [1.807, 2.05) is 6.92 Å². The lowest BCUT2D eigenvalue weighted by Gasteiger charge is -2.13. The maximum absolute atomic E-state index is 12.1. The number of hydrogen-bond acceptors (Lipinski definition) is 4. The van der Waals surface area contributed by atoms with Crippen LogP contribution >= 0.6 is 0 Å². The number of hydrogen-bond donors (Lipinski definition) is 2. The quantitative estimate of drug-likeness (QED) is 0.685. The summed E-state index contributed by atoms with van der Waals surface area (Å²) in [4.78, 5) is 12.1. The van der Waals surface area contributed by atoms with Gasteiger partial charge in [0.1, 0.15) is 0 Å². The van der Waals surface area contributed by atoms with Crippen molar-refractivity contribution in [3.8, 4) is 11.5 Å². The van der Waals surface area contributed by atoms with E-state index in [0.29, 0.717) is 36.8 Å². The topological polar surface area (TPSA) is 73.6 Å². The van der Waals surface area contributed by atoms with Crippen LogP contribution in [0.1, 0.15) is 37.0 Å². The average molecular weight is 294 g/mol. The largest absolute Gasteiger partial charge is 0.493 e. The second-order valence-corrected chi connectivity index (χ2v) is 5.12. The molecule has 0 saturated heterocycles. The first-order chi connectivity index (χ1) is 10.1. The number of methoxy groups -OCH3 is 1. The molecule has 0 heterocycles. The fourth-order valence-electron chi connectivity index (χ4n) is 1.71. The van der Waals surface area contributed by atoms with E-state index in [-0.39, 0.29) is 11.8 Å². The van der Waals surface area contributed by atoms with Gasteiger partial charge < -0.3 is 20.5 Å². The molecule has 3 N–H and O–H groups in total. The molecule has 0 saturated carbocycles. The van der Waals surface area contributed by atoms with E-state index in [0.717, 1.165) is 12.8 Å². The Morgan fingerprint density at radius 1 is 1.38 bits per heavy atom. The van der Waals surface area contributed by atoms with Gasteiger partial charge in [-0.1, -0.05) is 20.3 Å². The highest BCUT2D eigenvalue weighted by molar-refractivity contribution is 5.94. The van der Waals surface area contributed by atoms with Crippen molar-refractivity contribution in [1.29, 1.82) is 0 Å². The van der Waals surface area contributed by atoms with Crippen molar-refractivity contribution >= 4 is 5.91 Å². The van der Waals surface area contributed by atoms with Crippen LogP contribution in [0.2, 0.25) is 0 Å². The van der Waals surface area contributed by atoms with E-state index in [9.17, 15) is 4.79 Å². The molecule has 118 valence electrons. The predicted octanol–water partition coefficient (Wildman–Crippen LogP) is 2.20. The lowest BCUT2D eigenvalue weighted by Crippen LogP contribution is -2.31. The SMILES string of the molecule is CCCCOc1ccc(C(=O)NCC(C)CN)cc1OC. The van der Waals surface area contributed by atoms with Gasteiger partial charge in [0.25, 0.3) is 5.91 Å². The smallest absolute Gasteiger partial charge is 0.251 e. The first-order valence-corrected chi connectivity index (χ1v) is 7.41. The molecule has 1 unspecified atom stereocenters. The third-order valence-corrected chi connectivity index (χ3v) is 3.19. The van der Waals surface area contributed by atoms with E-state index < -0.39 is 0 Å². The highest BCUT2D eigenvalue weighted by Gasteiger charge is 2.11. The Morgan fingerprint density at radius 3 is 2.76 bits per heavy atom. The normalized spacial score (nSPS) is 11.8. The molecule has 1 amide bonds. The van der Waals surface area contributed by atoms with E-state index in [2.05, 4.69) is 12.2 Å². The minimum atomic E-state index is -0.131. The minimum Gasteiger partial charge on any atom is -0.493 e. The van der Waals surface area contributed by atoms with E-state index in [1.54, 1.807) is 25.3 Å². The zero-order valence-electron chi connectivity index (χ0n) is 13.1. The van der Waals surface area contributed by atoms with Crippen LogP contribution in [0.15, 0.2) is 18.2 Å². The number of unbranched alkanes of at least 4 members (excludes halogenated alkanes) is 1. The molecule has 1 atom stereocenters. The van der Waals surface area contributed by atoms with Crippen LogP contribution in [-0.4, -0.2) is 32.7 Å². The van der Waals surface area contributed by atoms with Gasteiger partial charge in [0, 0.05) is 12.1 Å². The Morgan fingerprint density at radius 2 is 2.14 bits per heavy atom. The number of carbonyl (C=O) groups excluding carboxylic acids is 1. The van der Waals surface area contributed by atoms with Gasteiger partial charge in [-0.05, 0) is 37.1 Å². The Bertz CT molecular complexity index is 449. The summed E-state index contributed by atoms with van der Waals surface area (Å²) in [6, 6.07) is 5.21. The van der Waals surface area contributed by atoms with E-state index in [1.165, 1.54) is 0 Å². The van der Waals surface area contributed by atoms with Gasteiger partial charge in [-0.3, -0.25) is 4.79 Å². The summed E-state index contributed by atoms with van der Waals surface area (Å²) >= 11 is 0. The number of amides is 1. The summed E-state index contributed by atoms with van der Waals surface area (Å²) in [5.74, 6) is 1.37. The van der Waals surface area contributed by atoms with Crippen LogP contribution in [0.3, 0.4) is 0 Å². The monoisotopic (exact) mass is 294 g/mol. The van der Waals surface area contributed by atoms with Gasteiger partial charge in [-0.25, -0.2) is 0 Å². The third kappa shape index (κ3) is 5.63. The molecule has 0 aliphatic carbocycles. The van der Waals surface area contributed by atoms with Gasteiger partial charge in [0.15, 0.2) is 11.5 Å². The van der Waals surface area contributed by atoms with Crippen LogP contribution in [0.25, 0.3) is 0 Å². The molecule has 5 nitrogen and oxygen atoms in total.